The summed E-state index contributed by atoms with van der Waals surface area (Å²) in [6.45, 7) is 0.446. The zero-order chi connectivity index (χ0) is 10.7. The molecule has 0 saturated carbocycles. The summed E-state index contributed by atoms with van der Waals surface area (Å²) >= 11 is 1.30. The first-order chi connectivity index (χ1) is 7.29. The van der Waals surface area contributed by atoms with Crippen molar-refractivity contribution in [2.45, 2.75) is 6.54 Å². The van der Waals surface area contributed by atoms with Gasteiger partial charge in [-0.25, -0.2) is 0 Å². The van der Waals surface area contributed by atoms with E-state index in [1.54, 1.807) is 6.07 Å². The number of thiophene rings is 1. The van der Waals surface area contributed by atoms with Crippen LogP contribution in [0.4, 0.5) is 10.7 Å². The monoisotopic (exact) mass is 221 g/mol. The third-order valence-corrected chi connectivity index (χ3v) is 2.70. The van der Waals surface area contributed by atoms with E-state index >= 15 is 0 Å². The SMILES string of the molecule is N#Cc1sc(NCc2ncon2)cc1N. The number of anilines is 2. The highest BCUT2D eigenvalue weighted by atomic mass is 32.1. The van der Waals surface area contributed by atoms with Crippen molar-refractivity contribution in [1.29, 1.82) is 5.26 Å². The number of aromatic nitrogens is 2. The maximum Gasteiger partial charge on any atom is 0.213 e. The number of nitriles is 1. The van der Waals surface area contributed by atoms with Gasteiger partial charge in [-0.2, -0.15) is 10.2 Å². The Balaban J connectivity index is 2.03. The first-order valence-corrected chi connectivity index (χ1v) is 4.90. The Morgan fingerprint density at radius 1 is 1.67 bits per heavy atom. The third-order valence-electron chi connectivity index (χ3n) is 1.69. The fourth-order valence-corrected chi connectivity index (χ4v) is 1.79. The van der Waals surface area contributed by atoms with Crippen LogP contribution >= 0.6 is 11.3 Å². The summed E-state index contributed by atoms with van der Waals surface area (Å²) in [6, 6.07) is 3.72. The number of rotatable bonds is 3. The zero-order valence-electron chi connectivity index (χ0n) is 7.60. The molecule has 0 aliphatic heterocycles. The summed E-state index contributed by atoms with van der Waals surface area (Å²) in [4.78, 5) is 4.35. The molecule has 0 bridgehead atoms. The van der Waals surface area contributed by atoms with Gasteiger partial charge in [0.1, 0.15) is 10.9 Å². The smallest absolute Gasteiger partial charge is 0.213 e. The highest BCUT2D eigenvalue weighted by Gasteiger charge is 2.05. The Bertz CT molecular complexity index is 484. The molecule has 0 unspecified atom stereocenters. The lowest BCUT2D eigenvalue weighted by Gasteiger charge is -1.96. The van der Waals surface area contributed by atoms with Crippen LogP contribution in [0.1, 0.15) is 10.7 Å². The minimum Gasteiger partial charge on any atom is -0.397 e. The van der Waals surface area contributed by atoms with Crippen LogP contribution in [0.15, 0.2) is 17.0 Å². The van der Waals surface area contributed by atoms with Gasteiger partial charge < -0.3 is 15.6 Å². The molecule has 76 valence electrons. The van der Waals surface area contributed by atoms with Crippen molar-refractivity contribution in [2.75, 3.05) is 11.1 Å². The van der Waals surface area contributed by atoms with E-state index in [4.69, 9.17) is 11.0 Å². The van der Waals surface area contributed by atoms with Gasteiger partial charge in [-0.15, -0.1) is 11.3 Å². The van der Waals surface area contributed by atoms with Gasteiger partial charge in [0.25, 0.3) is 0 Å². The largest absolute Gasteiger partial charge is 0.397 e. The molecule has 2 rings (SSSR count). The van der Waals surface area contributed by atoms with Crippen LogP contribution in [0.2, 0.25) is 0 Å². The predicted molar refractivity (Wildman–Crippen MR) is 55.1 cm³/mol. The third kappa shape index (κ3) is 2.05. The van der Waals surface area contributed by atoms with Crippen molar-refractivity contribution in [2.24, 2.45) is 0 Å². The summed E-state index contributed by atoms with van der Waals surface area (Å²) in [5, 5.41) is 16.2. The average molecular weight is 221 g/mol. The number of nitrogens with one attached hydrogen (secondary N) is 1. The van der Waals surface area contributed by atoms with E-state index in [1.807, 2.05) is 6.07 Å². The van der Waals surface area contributed by atoms with Crippen LogP contribution in [0.5, 0.6) is 0 Å². The average Bonchev–Trinajstić information content (AvgIpc) is 2.83. The molecular formula is C8H7N5OS. The molecule has 0 atom stereocenters. The second kappa shape index (κ2) is 3.98. The van der Waals surface area contributed by atoms with Gasteiger partial charge in [-0.1, -0.05) is 5.16 Å². The topological polar surface area (TPSA) is 101 Å². The number of hydrogen-bond acceptors (Lipinski definition) is 7. The van der Waals surface area contributed by atoms with E-state index in [1.165, 1.54) is 17.7 Å². The molecule has 0 amide bonds. The van der Waals surface area contributed by atoms with E-state index in [9.17, 15) is 0 Å². The molecule has 0 spiro atoms. The molecular weight excluding hydrogens is 214 g/mol. The predicted octanol–water partition coefficient (Wildman–Crippen LogP) is 1.20. The lowest BCUT2D eigenvalue weighted by Crippen LogP contribution is -1.99. The molecule has 15 heavy (non-hydrogen) atoms. The van der Waals surface area contributed by atoms with Crippen LogP contribution in [-0.2, 0) is 6.54 Å². The Kier molecular flexibility index (Phi) is 2.51. The highest BCUT2D eigenvalue weighted by Crippen LogP contribution is 2.28. The molecule has 7 heteroatoms. The number of hydrogen-bond donors (Lipinski definition) is 2. The van der Waals surface area contributed by atoms with Crippen LogP contribution in [0, 0.1) is 11.3 Å². The summed E-state index contributed by atoms with van der Waals surface area (Å²) in [6.07, 6.45) is 1.26. The second-order valence-electron chi connectivity index (χ2n) is 2.71. The van der Waals surface area contributed by atoms with Gasteiger partial charge >= 0.3 is 0 Å². The number of nitrogens with zero attached hydrogens (tertiary/aromatic N) is 3. The standard InChI is InChI=1S/C8H7N5OS/c9-2-6-5(10)1-8(15-6)11-3-7-12-4-14-13-7/h1,4,11H,3,10H2. The van der Waals surface area contributed by atoms with Gasteiger partial charge in [-0.3, -0.25) is 0 Å². The van der Waals surface area contributed by atoms with E-state index in [2.05, 4.69) is 20.0 Å². The quantitative estimate of drug-likeness (QED) is 0.807. The Hall–Kier alpha value is -2.07. The van der Waals surface area contributed by atoms with Crippen LogP contribution < -0.4 is 11.1 Å². The molecule has 0 radical (unpaired) electrons. The molecule has 0 saturated heterocycles. The fourth-order valence-electron chi connectivity index (χ4n) is 1.02. The van der Waals surface area contributed by atoms with Crippen LogP contribution in [0.3, 0.4) is 0 Å². The maximum absolute atomic E-state index is 8.70. The summed E-state index contributed by atoms with van der Waals surface area (Å²) in [5.74, 6) is 0.556. The van der Waals surface area contributed by atoms with Gasteiger partial charge in [0.15, 0.2) is 5.82 Å². The van der Waals surface area contributed by atoms with Gasteiger partial charge in [0, 0.05) is 0 Å². The van der Waals surface area contributed by atoms with Crippen molar-refractivity contribution < 1.29 is 4.52 Å². The van der Waals surface area contributed by atoms with Crippen molar-refractivity contribution in [3.05, 3.63) is 23.2 Å². The maximum atomic E-state index is 8.70. The zero-order valence-corrected chi connectivity index (χ0v) is 8.41. The summed E-state index contributed by atoms with van der Waals surface area (Å²) in [5.41, 5.74) is 6.08. The highest BCUT2D eigenvalue weighted by molar-refractivity contribution is 7.17. The summed E-state index contributed by atoms with van der Waals surface area (Å²) < 4.78 is 4.58. The Labute approximate surface area is 89.3 Å². The summed E-state index contributed by atoms with van der Waals surface area (Å²) in [7, 11) is 0. The lowest BCUT2D eigenvalue weighted by atomic mass is 10.4. The number of nitrogen functional groups attached to an aromatic ring is 1. The fraction of sp³-hybridized carbons (Fsp3) is 0.125. The molecule has 2 aromatic heterocycles. The molecule has 0 fully saturated rings. The second-order valence-corrected chi connectivity index (χ2v) is 3.76. The van der Waals surface area contributed by atoms with E-state index in [-0.39, 0.29) is 0 Å². The first-order valence-electron chi connectivity index (χ1n) is 4.08. The molecule has 0 aliphatic carbocycles. The first kappa shape index (κ1) is 9.48. The van der Waals surface area contributed by atoms with Crippen molar-refractivity contribution in [3.8, 4) is 6.07 Å². The Morgan fingerprint density at radius 3 is 3.13 bits per heavy atom. The molecule has 3 N–H and O–H groups in total. The molecule has 2 heterocycles. The molecule has 6 nitrogen and oxygen atoms in total. The van der Waals surface area contributed by atoms with Crippen molar-refractivity contribution >= 4 is 22.0 Å². The van der Waals surface area contributed by atoms with Crippen molar-refractivity contribution in [3.63, 3.8) is 0 Å². The molecule has 0 aliphatic rings. The van der Waals surface area contributed by atoms with Crippen molar-refractivity contribution in [1.82, 2.24) is 10.1 Å². The minimum absolute atomic E-state index is 0.446. The minimum atomic E-state index is 0.446. The van der Waals surface area contributed by atoms with Gasteiger partial charge in [0.2, 0.25) is 6.39 Å². The van der Waals surface area contributed by atoms with E-state index < -0.39 is 0 Å². The lowest BCUT2D eigenvalue weighted by molar-refractivity contribution is 0.411. The normalized spacial score (nSPS) is 9.80. The number of nitrogens with two attached hydrogens (primary N) is 1. The van der Waals surface area contributed by atoms with Gasteiger partial charge in [0.05, 0.1) is 17.2 Å². The Morgan fingerprint density at radius 2 is 2.53 bits per heavy atom. The van der Waals surface area contributed by atoms with E-state index in [0.717, 1.165) is 5.00 Å². The molecule has 0 aromatic carbocycles. The van der Waals surface area contributed by atoms with Crippen LogP contribution in [0.25, 0.3) is 0 Å². The van der Waals surface area contributed by atoms with Gasteiger partial charge in [-0.05, 0) is 6.07 Å². The van der Waals surface area contributed by atoms with E-state index in [0.29, 0.717) is 22.9 Å². The molecule has 2 aromatic rings. The van der Waals surface area contributed by atoms with Crippen LogP contribution in [-0.4, -0.2) is 10.1 Å².